The molecule has 0 bridgehead atoms. The lowest BCUT2D eigenvalue weighted by Gasteiger charge is -2.33. The number of nitrogens with zero attached hydrogens (tertiary/aromatic N) is 4. The Morgan fingerprint density at radius 2 is 1.91 bits per heavy atom. The summed E-state index contributed by atoms with van der Waals surface area (Å²) in [6.07, 6.45) is 1.60. The Balaban J connectivity index is 1.38. The second-order valence-electron chi connectivity index (χ2n) is 10.5. The molecule has 1 aromatic heterocycles. The molecular formula is C25H32N4O5S. The summed E-state index contributed by atoms with van der Waals surface area (Å²) in [6.45, 7) is 8.41. The third-order valence-corrected chi connectivity index (χ3v) is 8.15. The van der Waals surface area contributed by atoms with Gasteiger partial charge in [-0.15, -0.1) is 0 Å². The van der Waals surface area contributed by atoms with Gasteiger partial charge in [0, 0.05) is 13.1 Å². The van der Waals surface area contributed by atoms with Gasteiger partial charge in [0.25, 0.3) is 0 Å². The maximum Gasteiger partial charge on any atom is 0.410 e. The number of anilines is 1. The van der Waals surface area contributed by atoms with E-state index < -0.39 is 17.7 Å². The van der Waals surface area contributed by atoms with Crippen molar-refractivity contribution in [3.63, 3.8) is 0 Å². The predicted octanol–water partition coefficient (Wildman–Crippen LogP) is 3.66. The summed E-state index contributed by atoms with van der Waals surface area (Å²) in [7, 11) is 1.62. The molecule has 4 atom stereocenters. The van der Waals surface area contributed by atoms with E-state index in [1.807, 2.05) is 50.8 Å². The summed E-state index contributed by atoms with van der Waals surface area (Å²) < 4.78 is 11.8. The van der Waals surface area contributed by atoms with Crippen LogP contribution < -0.4 is 9.64 Å². The Hall–Kier alpha value is -2.88. The van der Waals surface area contributed by atoms with Gasteiger partial charge in [-0.05, 0) is 58.2 Å². The van der Waals surface area contributed by atoms with Crippen LogP contribution in [0.15, 0.2) is 18.2 Å². The minimum atomic E-state index is -0.625. The third kappa shape index (κ3) is 4.11. The van der Waals surface area contributed by atoms with Crippen LogP contribution in [0, 0.1) is 5.92 Å². The fourth-order valence-corrected chi connectivity index (χ4v) is 6.64. The molecule has 0 N–H and O–H groups in total. The van der Waals surface area contributed by atoms with Gasteiger partial charge in [-0.2, -0.15) is 0 Å². The molecule has 2 aromatic rings. The molecule has 4 heterocycles. The zero-order chi connectivity index (χ0) is 25.1. The molecular weight excluding hydrogens is 468 g/mol. The molecule has 5 rings (SSSR count). The van der Waals surface area contributed by atoms with Crippen molar-refractivity contribution < 1.29 is 23.9 Å². The number of rotatable bonds is 3. The van der Waals surface area contributed by atoms with E-state index in [0.29, 0.717) is 31.1 Å². The fourth-order valence-electron chi connectivity index (χ4n) is 5.58. The molecule has 3 fully saturated rings. The van der Waals surface area contributed by atoms with E-state index >= 15 is 0 Å². The largest absolute Gasteiger partial charge is 0.497 e. The molecule has 0 unspecified atom stereocenters. The van der Waals surface area contributed by atoms with Crippen LogP contribution in [0.25, 0.3) is 10.2 Å². The number of benzene rings is 1. The lowest BCUT2D eigenvalue weighted by Crippen LogP contribution is -2.52. The number of likely N-dealkylation sites (tertiary alicyclic amines) is 2. The van der Waals surface area contributed by atoms with Crippen LogP contribution >= 0.6 is 11.3 Å². The van der Waals surface area contributed by atoms with Crippen molar-refractivity contribution in [2.45, 2.75) is 70.7 Å². The van der Waals surface area contributed by atoms with E-state index in [0.717, 1.165) is 22.4 Å². The van der Waals surface area contributed by atoms with Gasteiger partial charge >= 0.3 is 6.09 Å². The number of thiazole rings is 1. The SMILES string of the molecule is COc1ccc2nc(N3C(=O)[C@@H](C)[C@@H]4[C@@H]3CCN4C(=O)[C@@H]3CCCN3C(=O)OC(C)(C)C)sc2c1. The second kappa shape index (κ2) is 8.65. The first-order valence-corrected chi connectivity index (χ1v) is 13.0. The van der Waals surface area contributed by atoms with Gasteiger partial charge < -0.3 is 14.4 Å². The van der Waals surface area contributed by atoms with Crippen LogP contribution in [-0.4, -0.2) is 76.6 Å². The molecule has 3 saturated heterocycles. The highest BCUT2D eigenvalue weighted by atomic mass is 32.1. The van der Waals surface area contributed by atoms with Gasteiger partial charge in [-0.3, -0.25) is 19.4 Å². The van der Waals surface area contributed by atoms with Gasteiger partial charge in [0.1, 0.15) is 17.4 Å². The molecule has 35 heavy (non-hydrogen) atoms. The normalized spacial score (nSPS) is 26.5. The molecule has 9 nitrogen and oxygen atoms in total. The smallest absolute Gasteiger partial charge is 0.410 e. The van der Waals surface area contributed by atoms with Crippen LogP contribution in [0.3, 0.4) is 0 Å². The van der Waals surface area contributed by atoms with Crippen LogP contribution in [-0.2, 0) is 14.3 Å². The number of fused-ring (bicyclic) bond motifs is 2. The van der Waals surface area contributed by atoms with Crippen LogP contribution in [0.2, 0.25) is 0 Å². The molecule has 1 aromatic carbocycles. The van der Waals surface area contributed by atoms with E-state index in [2.05, 4.69) is 0 Å². The Morgan fingerprint density at radius 1 is 1.14 bits per heavy atom. The van der Waals surface area contributed by atoms with E-state index in [1.165, 1.54) is 11.3 Å². The maximum absolute atomic E-state index is 13.7. The standard InChI is InChI=1S/C25H32N4O5S/c1-14-20-17(29(21(14)30)23-26-16-9-8-15(33-5)13-19(16)35-23)10-12-28(20)22(31)18-7-6-11-27(18)24(32)34-25(2,3)4/h8-9,13-14,17-18,20H,6-7,10-12H2,1-5H3/t14-,17-,18-,20+/m0/s1. The van der Waals surface area contributed by atoms with Crippen molar-refractivity contribution in [1.82, 2.24) is 14.8 Å². The quantitative estimate of drug-likeness (QED) is 0.639. The number of hydrogen-bond donors (Lipinski definition) is 0. The summed E-state index contributed by atoms with van der Waals surface area (Å²) >= 11 is 1.46. The van der Waals surface area contributed by atoms with Crippen molar-refractivity contribution in [3.8, 4) is 5.75 Å². The summed E-state index contributed by atoms with van der Waals surface area (Å²) in [5, 5.41) is 0.656. The van der Waals surface area contributed by atoms with E-state index in [4.69, 9.17) is 14.5 Å². The highest BCUT2D eigenvalue weighted by Crippen LogP contribution is 2.43. The van der Waals surface area contributed by atoms with Crippen LogP contribution in [0.5, 0.6) is 5.75 Å². The number of amides is 3. The zero-order valence-corrected chi connectivity index (χ0v) is 21.6. The Labute approximate surface area is 209 Å². The van der Waals surface area contributed by atoms with E-state index in [9.17, 15) is 14.4 Å². The van der Waals surface area contributed by atoms with Crippen molar-refractivity contribution in [1.29, 1.82) is 0 Å². The second-order valence-corrected chi connectivity index (χ2v) is 11.5. The fraction of sp³-hybridized carbons (Fsp3) is 0.600. The van der Waals surface area contributed by atoms with Gasteiger partial charge in [0.2, 0.25) is 11.8 Å². The highest BCUT2D eigenvalue weighted by molar-refractivity contribution is 7.22. The average Bonchev–Trinajstić information content (AvgIpc) is 3.56. The molecule has 10 heteroatoms. The molecule has 188 valence electrons. The van der Waals surface area contributed by atoms with Crippen molar-refractivity contribution in [2.24, 2.45) is 5.92 Å². The summed E-state index contributed by atoms with van der Waals surface area (Å²) in [5.74, 6) is 0.301. The summed E-state index contributed by atoms with van der Waals surface area (Å²) in [6, 6.07) is 4.77. The maximum atomic E-state index is 13.7. The lowest BCUT2D eigenvalue weighted by molar-refractivity contribution is -0.137. The van der Waals surface area contributed by atoms with Gasteiger partial charge in [0.15, 0.2) is 5.13 Å². The Morgan fingerprint density at radius 3 is 2.63 bits per heavy atom. The summed E-state index contributed by atoms with van der Waals surface area (Å²) in [5.41, 5.74) is 0.194. The lowest BCUT2D eigenvalue weighted by atomic mass is 10.0. The molecule has 0 aliphatic carbocycles. The molecule has 3 amide bonds. The molecule has 0 radical (unpaired) electrons. The van der Waals surface area contributed by atoms with E-state index in [1.54, 1.807) is 16.9 Å². The molecule has 3 aliphatic heterocycles. The number of hydrogen-bond acceptors (Lipinski definition) is 7. The first-order chi connectivity index (χ1) is 16.6. The van der Waals surface area contributed by atoms with Crippen molar-refractivity contribution in [3.05, 3.63) is 18.2 Å². The highest BCUT2D eigenvalue weighted by Gasteiger charge is 2.55. The van der Waals surface area contributed by atoms with Crippen LogP contribution in [0.1, 0.15) is 47.0 Å². The summed E-state index contributed by atoms with van der Waals surface area (Å²) in [4.78, 5) is 49.7. The minimum absolute atomic E-state index is 0.0149. The molecule has 3 aliphatic rings. The number of ether oxygens (including phenoxy) is 2. The minimum Gasteiger partial charge on any atom is -0.497 e. The van der Waals surface area contributed by atoms with Crippen molar-refractivity contribution >= 4 is 44.6 Å². The predicted molar refractivity (Wildman–Crippen MR) is 133 cm³/mol. The topological polar surface area (TPSA) is 92.3 Å². The molecule has 0 saturated carbocycles. The van der Waals surface area contributed by atoms with Gasteiger partial charge in [-0.1, -0.05) is 18.3 Å². The number of methoxy groups -OCH3 is 1. The van der Waals surface area contributed by atoms with Gasteiger partial charge in [0.05, 0.1) is 35.3 Å². The number of carbonyl (C=O) groups excluding carboxylic acids is 3. The monoisotopic (exact) mass is 500 g/mol. The first kappa shape index (κ1) is 23.8. The third-order valence-electron chi connectivity index (χ3n) is 7.13. The zero-order valence-electron chi connectivity index (χ0n) is 20.8. The average molecular weight is 501 g/mol. The Bertz CT molecular complexity index is 1170. The molecule has 0 spiro atoms. The van der Waals surface area contributed by atoms with Gasteiger partial charge in [-0.25, -0.2) is 9.78 Å². The number of aromatic nitrogens is 1. The number of carbonyl (C=O) groups is 3. The van der Waals surface area contributed by atoms with Crippen LogP contribution in [0.4, 0.5) is 9.93 Å². The Kier molecular flexibility index (Phi) is 5.89. The van der Waals surface area contributed by atoms with Crippen molar-refractivity contribution in [2.75, 3.05) is 25.1 Å². The van der Waals surface area contributed by atoms with E-state index in [-0.39, 0.29) is 29.8 Å². The first-order valence-electron chi connectivity index (χ1n) is 12.2.